The van der Waals surface area contributed by atoms with Gasteiger partial charge in [-0.25, -0.2) is 0 Å². The van der Waals surface area contributed by atoms with Crippen LogP contribution in [-0.2, 0) is 0 Å². The Labute approximate surface area is 74.5 Å². The highest BCUT2D eigenvalue weighted by Crippen LogP contribution is 2.25. The number of alkyl halides is 1. The molecule has 0 heterocycles. The second-order valence-corrected chi connectivity index (χ2v) is 3.77. The first kappa shape index (κ1) is 9.34. The van der Waals surface area contributed by atoms with Crippen molar-refractivity contribution in [3.63, 3.8) is 0 Å². The summed E-state index contributed by atoms with van der Waals surface area (Å²) in [6.07, 6.45) is 5.43. The molecular weight excluding hydrogens is 158 g/mol. The van der Waals surface area contributed by atoms with Gasteiger partial charge in [0.15, 0.2) is 0 Å². The lowest BCUT2D eigenvalue weighted by Gasteiger charge is -2.27. The molecular formula is C9H18ClN. The minimum absolute atomic E-state index is 0.539. The van der Waals surface area contributed by atoms with Crippen molar-refractivity contribution < 1.29 is 0 Å². The Morgan fingerprint density at radius 3 is 2.64 bits per heavy atom. The summed E-state index contributed by atoms with van der Waals surface area (Å²) in [7, 11) is 0. The molecule has 0 aliphatic heterocycles. The van der Waals surface area contributed by atoms with E-state index < -0.39 is 0 Å². The van der Waals surface area contributed by atoms with E-state index in [0.717, 1.165) is 18.2 Å². The Morgan fingerprint density at radius 2 is 2.27 bits per heavy atom. The first-order valence-electron chi connectivity index (χ1n) is 4.66. The standard InChI is InChI=1S/C9H18ClN/c1-2-9(6-10)11-7-8-4-3-5-8/h8-9,11H,2-7H2,1H3. The monoisotopic (exact) mass is 175 g/mol. The van der Waals surface area contributed by atoms with Gasteiger partial charge in [-0.05, 0) is 31.7 Å². The number of halogens is 1. The zero-order valence-electron chi connectivity index (χ0n) is 7.28. The molecule has 1 nitrogen and oxygen atoms in total. The first-order valence-corrected chi connectivity index (χ1v) is 5.19. The van der Waals surface area contributed by atoms with Crippen molar-refractivity contribution in [3.05, 3.63) is 0 Å². The van der Waals surface area contributed by atoms with E-state index in [1.54, 1.807) is 0 Å². The highest BCUT2D eigenvalue weighted by atomic mass is 35.5. The summed E-state index contributed by atoms with van der Waals surface area (Å²) in [6, 6.07) is 0.539. The fourth-order valence-corrected chi connectivity index (χ4v) is 1.67. The van der Waals surface area contributed by atoms with E-state index in [4.69, 9.17) is 11.6 Å². The molecule has 1 rings (SSSR count). The van der Waals surface area contributed by atoms with Crippen LogP contribution in [0.15, 0.2) is 0 Å². The third-order valence-corrected chi connectivity index (χ3v) is 2.97. The number of rotatable bonds is 5. The molecule has 0 bridgehead atoms. The summed E-state index contributed by atoms with van der Waals surface area (Å²) >= 11 is 5.75. The molecule has 1 atom stereocenters. The maximum atomic E-state index is 5.75. The fraction of sp³-hybridized carbons (Fsp3) is 1.00. The maximum absolute atomic E-state index is 5.75. The van der Waals surface area contributed by atoms with E-state index in [2.05, 4.69) is 12.2 Å². The van der Waals surface area contributed by atoms with Crippen LogP contribution in [0.3, 0.4) is 0 Å². The van der Waals surface area contributed by atoms with Crippen LogP contribution < -0.4 is 5.32 Å². The van der Waals surface area contributed by atoms with Gasteiger partial charge in [-0.3, -0.25) is 0 Å². The molecule has 0 aromatic rings. The van der Waals surface area contributed by atoms with Crippen LogP contribution in [0.25, 0.3) is 0 Å². The van der Waals surface area contributed by atoms with Gasteiger partial charge in [0.05, 0.1) is 0 Å². The predicted molar refractivity (Wildman–Crippen MR) is 50.1 cm³/mol. The molecule has 1 unspecified atom stereocenters. The van der Waals surface area contributed by atoms with Gasteiger partial charge in [-0.2, -0.15) is 0 Å². The summed E-state index contributed by atoms with van der Waals surface area (Å²) in [5.41, 5.74) is 0. The zero-order chi connectivity index (χ0) is 8.10. The molecule has 0 aromatic carbocycles. The lowest BCUT2D eigenvalue weighted by atomic mass is 9.85. The van der Waals surface area contributed by atoms with Crippen molar-refractivity contribution in [1.29, 1.82) is 0 Å². The molecule has 1 saturated carbocycles. The average molecular weight is 176 g/mol. The van der Waals surface area contributed by atoms with Gasteiger partial charge in [0.25, 0.3) is 0 Å². The normalized spacial score (nSPS) is 21.3. The topological polar surface area (TPSA) is 12.0 Å². The Morgan fingerprint density at radius 1 is 1.55 bits per heavy atom. The zero-order valence-corrected chi connectivity index (χ0v) is 8.03. The number of hydrogen-bond acceptors (Lipinski definition) is 1. The second kappa shape index (κ2) is 5.00. The molecule has 0 saturated heterocycles. The molecule has 1 aliphatic carbocycles. The van der Waals surface area contributed by atoms with Crippen LogP contribution in [-0.4, -0.2) is 18.5 Å². The van der Waals surface area contributed by atoms with Gasteiger partial charge in [-0.15, -0.1) is 11.6 Å². The van der Waals surface area contributed by atoms with Gasteiger partial charge in [-0.1, -0.05) is 13.3 Å². The van der Waals surface area contributed by atoms with Gasteiger partial charge in [0.1, 0.15) is 0 Å². The number of nitrogens with one attached hydrogen (secondary N) is 1. The Kier molecular flexibility index (Phi) is 4.24. The molecule has 0 amide bonds. The molecule has 11 heavy (non-hydrogen) atoms. The molecule has 0 radical (unpaired) electrons. The van der Waals surface area contributed by atoms with Gasteiger partial charge in [0.2, 0.25) is 0 Å². The Bertz CT molecular complexity index is 97.7. The molecule has 0 spiro atoms. The van der Waals surface area contributed by atoms with E-state index in [9.17, 15) is 0 Å². The van der Waals surface area contributed by atoms with Crippen LogP contribution in [0.2, 0.25) is 0 Å². The molecule has 66 valence electrons. The summed E-state index contributed by atoms with van der Waals surface area (Å²) in [5, 5.41) is 3.49. The SMILES string of the molecule is CCC(CCl)NCC1CCC1. The van der Waals surface area contributed by atoms with Crippen LogP contribution in [0.5, 0.6) is 0 Å². The van der Waals surface area contributed by atoms with E-state index in [0.29, 0.717) is 6.04 Å². The van der Waals surface area contributed by atoms with Crippen molar-refractivity contribution in [2.24, 2.45) is 5.92 Å². The average Bonchev–Trinajstić information content (AvgIpc) is 1.95. The highest BCUT2D eigenvalue weighted by Gasteiger charge is 2.17. The number of hydrogen-bond donors (Lipinski definition) is 1. The van der Waals surface area contributed by atoms with Gasteiger partial charge < -0.3 is 5.32 Å². The van der Waals surface area contributed by atoms with Gasteiger partial charge in [0, 0.05) is 11.9 Å². The van der Waals surface area contributed by atoms with E-state index in [1.165, 1.54) is 25.8 Å². The lowest BCUT2D eigenvalue weighted by molar-refractivity contribution is 0.291. The van der Waals surface area contributed by atoms with Crippen molar-refractivity contribution in [2.75, 3.05) is 12.4 Å². The van der Waals surface area contributed by atoms with Crippen molar-refractivity contribution in [3.8, 4) is 0 Å². The molecule has 1 N–H and O–H groups in total. The summed E-state index contributed by atoms with van der Waals surface area (Å²) in [5.74, 6) is 1.70. The largest absolute Gasteiger partial charge is 0.313 e. The molecule has 0 aromatic heterocycles. The summed E-state index contributed by atoms with van der Waals surface area (Å²) < 4.78 is 0. The lowest BCUT2D eigenvalue weighted by Crippen LogP contribution is -2.36. The quantitative estimate of drug-likeness (QED) is 0.633. The Balaban J connectivity index is 1.99. The maximum Gasteiger partial charge on any atom is 0.0377 e. The summed E-state index contributed by atoms with van der Waals surface area (Å²) in [6.45, 7) is 3.37. The Hall–Kier alpha value is 0.250. The highest BCUT2D eigenvalue weighted by molar-refractivity contribution is 6.18. The van der Waals surface area contributed by atoms with Gasteiger partial charge >= 0.3 is 0 Å². The third kappa shape index (κ3) is 3.00. The fourth-order valence-electron chi connectivity index (χ4n) is 1.34. The minimum atomic E-state index is 0.539. The third-order valence-electron chi connectivity index (χ3n) is 2.60. The predicted octanol–water partition coefficient (Wildman–Crippen LogP) is 2.39. The first-order chi connectivity index (χ1) is 5.36. The van der Waals surface area contributed by atoms with Crippen LogP contribution in [0.4, 0.5) is 0 Å². The van der Waals surface area contributed by atoms with Crippen LogP contribution in [0, 0.1) is 5.92 Å². The second-order valence-electron chi connectivity index (χ2n) is 3.46. The minimum Gasteiger partial charge on any atom is -0.313 e. The van der Waals surface area contributed by atoms with E-state index >= 15 is 0 Å². The van der Waals surface area contributed by atoms with Crippen molar-refractivity contribution in [2.45, 2.75) is 38.6 Å². The van der Waals surface area contributed by atoms with Crippen molar-refractivity contribution in [1.82, 2.24) is 5.32 Å². The molecule has 1 fully saturated rings. The summed E-state index contributed by atoms with van der Waals surface area (Å²) in [4.78, 5) is 0. The van der Waals surface area contributed by atoms with Crippen LogP contribution >= 0.6 is 11.6 Å². The smallest absolute Gasteiger partial charge is 0.0377 e. The van der Waals surface area contributed by atoms with E-state index in [1.807, 2.05) is 0 Å². The van der Waals surface area contributed by atoms with Crippen LogP contribution in [0.1, 0.15) is 32.6 Å². The molecule has 1 aliphatic rings. The molecule has 2 heteroatoms. The van der Waals surface area contributed by atoms with E-state index in [-0.39, 0.29) is 0 Å². The van der Waals surface area contributed by atoms with Crippen molar-refractivity contribution >= 4 is 11.6 Å².